The molecule has 1 N–H and O–H groups in total. The first kappa shape index (κ1) is 13.4. The number of likely N-dealkylation sites (tertiary alicyclic amines) is 1. The summed E-state index contributed by atoms with van der Waals surface area (Å²) in [6.07, 6.45) is 8.54. The van der Waals surface area contributed by atoms with Gasteiger partial charge in [-0.3, -0.25) is 0 Å². The maximum Gasteiger partial charge on any atom is 0.0209 e. The first-order chi connectivity index (χ1) is 8.13. The van der Waals surface area contributed by atoms with Gasteiger partial charge in [-0.05, 0) is 51.1 Å². The van der Waals surface area contributed by atoms with E-state index in [-0.39, 0.29) is 0 Å². The molecule has 1 heterocycles. The van der Waals surface area contributed by atoms with Gasteiger partial charge < -0.3 is 10.2 Å². The fourth-order valence-corrected chi connectivity index (χ4v) is 3.73. The van der Waals surface area contributed by atoms with E-state index in [4.69, 9.17) is 0 Å². The minimum atomic E-state index is 0.766. The maximum absolute atomic E-state index is 3.91. The average molecular weight is 238 g/mol. The van der Waals surface area contributed by atoms with Crippen LogP contribution in [0.15, 0.2) is 0 Å². The average Bonchev–Trinajstić information content (AvgIpc) is 2.63. The Morgan fingerprint density at radius 2 is 2.00 bits per heavy atom. The number of hydrogen-bond acceptors (Lipinski definition) is 2. The second-order valence-electron chi connectivity index (χ2n) is 6.77. The third kappa shape index (κ3) is 4.26. The molecule has 1 aliphatic heterocycles. The largest absolute Gasteiger partial charge is 0.310 e. The first-order valence-corrected chi connectivity index (χ1v) is 7.58. The number of nitrogens with one attached hydrogen (secondary N) is 1. The Labute approximate surface area is 107 Å². The Hall–Kier alpha value is -0.0800. The lowest BCUT2D eigenvalue weighted by Crippen LogP contribution is -2.42. The molecule has 2 rings (SSSR count). The van der Waals surface area contributed by atoms with Crippen molar-refractivity contribution in [2.75, 3.05) is 20.1 Å². The van der Waals surface area contributed by atoms with Gasteiger partial charge in [0.1, 0.15) is 0 Å². The highest BCUT2D eigenvalue weighted by atomic mass is 15.2. The molecule has 0 bridgehead atoms. The van der Waals surface area contributed by atoms with Crippen LogP contribution < -0.4 is 5.32 Å². The van der Waals surface area contributed by atoms with Gasteiger partial charge in [-0.2, -0.15) is 0 Å². The Morgan fingerprint density at radius 3 is 2.65 bits per heavy atom. The molecule has 2 heteroatoms. The zero-order valence-corrected chi connectivity index (χ0v) is 11.9. The van der Waals surface area contributed by atoms with E-state index < -0.39 is 0 Å². The van der Waals surface area contributed by atoms with Gasteiger partial charge in [0.05, 0.1) is 0 Å². The van der Waals surface area contributed by atoms with Crippen molar-refractivity contribution in [3.63, 3.8) is 0 Å². The summed E-state index contributed by atoms with van der Waals surface area (Å²) in [6.45, 7) is 7.26. The molecule has 0 spiro atoms. The van der Waals surface area contributed by atoms with Gasteiger partial charge in [0, 0.05) is 18.6 Å². The van der Waals surface area contributed by atoms with Gasteiger partial charge in [0.15, 0.2) is 0 Å². The highest BCUT2D eigenvalue weighted by Gasteiger charge is 2.26. The van der Waals surface area contributed by atoms with Crippen LogP contribution in [-0.4, -0.2) is 37.1 Å². The molecule has 3 atom stereocenters. The van der Waals surface area contributed by atoms with Crippen LogP contribution in [0.4, 0.5) is 0 Å². The number of rotatable bonds is 4. The molecule has 0 radical (unpaired) electrons. The van der Waals surface area contributed by atoms with Crippen molar-refractivity contribution in [1.82, 2.24) is 10.2 Å². The molecule has 1 saturated heterocycles. The SMILES string of the molecule is CC(C)CC1CCCC(NC2CCN(C)C2)C1. The molecule has 0 amide bonds. The zero-order chi connectivity index (χ0) is 12.3. The molecule has 17 heavy (non-hydrogen) atoms. The lowest BCUT2D eigenvalue weighted by atomic mass is 9.81. The summed E-state index contributed by atoms with van der Waals surface area (Å²) < 4.78 is 0. The van der Waals surface area contributed by atoms with Crippen molar-refractivity contribution in [3.05, 3.63) is 0 Å². The molecule has 2 aliphatic rings. The van der Waals surface area contributed by atoms with Crippen molar-refractivity contribution in [2.24, 2.45) is 11.8 Å². The number of hydrogen-bond donors (Lipinski definition) is 1. The van der Waals surface area contributed by atoms with Gasteiger partial charge in [-0.1, -0.05) is 26.7 Å². The fraction of sp³-hybridized carbons (Fsp3) is 1.00. The predicted octanol–water partition coefficient (Wildman–Crippen LogP) is 2.89. The van der Waals surface area contributed by atoms with Crippen LogP contribution in [0.5, 0.6) is 0 Å². The van der Waals surface area contributed by atoms with E-state index in [1.165, 1.54) is 51.6 Å². The number of likely N-dealkylation sites (N-methyl/N-ethyl adjacent to an activating group) is 1. The van der Waals surface area contributed by atoms with E-state index in [1.807, 2.05) is 0 Å². The van der Waals surface area contributed by atoms with Crippen LogP contribution in [0, 0.1) is 11.8 Å². The Balaban J connectivity index is 1.73. The zero-order valence-electron chi connectivity index (χ0n) is 11.9. The van der Waals surface area contributed by atoms with E-state index in [9.17, 15) is 0 Å². The third-order valence-electron chi connectivity index (χ3n) is 4.45. The second kappa shape index (κ2) is 6.19. The van der Waals surface area contributed by atoms with Gasteiger partial charge in [-0.25, -0.2) is 0 Å². The lowest BCUT2D eigenvalue weighted by molar-refractivity contribution is 0.239. The first-order valence-electron chi connectivity index (χ1n) is 7.58. The minimum absolute atomic E-state index is 0.766. The standard InChI is InChI=1S/C15H30N2/c1-12(2)9-13-5-4-6-14(10-13)16-15-7-8-17(3)11-15/h12-16H,4-11H2,1-3H3. The summed E-state index contributed by atoms with van der Waals surface area (Å²) in [5.74, 6) is 1.86. The molecule has 3 unspecified atom stereocenters. The number of nitrogens with zero attached hydrogens (tertiary/aromatic N) is 1. The van der Waals surface area contributed by atoms with Crippen LogP contribution in [0.3, 0.4) is 0 Å². The van der Waals surface area contributed by atoms with E-state index in [0.29, 0.717) is 0 Å². The Kier molecular flexibility index (Phi) is 4.87. The molecule has 0 aromatic rings. The third-order valence-corrected chi connectivity index (χ3v) is 4.45. The van der Waals surface area contributed by atoms with Gasteiger partial charge in [0.2, 0.25) is 0 Å². The van der Waals surface area contributed by atoms with E-state index in [2.05, 4.69) is 31.1 Å². The van der Waals surface area contributed by atoms with Crippen LogP contribution in [0.1, 0.15) is 52.4 Å². The van der Waals surface area contributed by atoms with Gasteiger partial charge in [-0.15, -0.1) is 0 Å². The summed E-state index contributed by atoms with van der Waals surface area (Å²) in [4.78, 5) is 2.45. The summed E-state index contributed by atoms with van der Waals surface area (Å²) in [6, 6.07) is 1.58. The van der Waals surface area contributed by atoms with E-state index in [0.717, 1.165) is 23.9 Å². The van der Waals surface area contributed by atoms with Crippen molar-refractivity contribution >= 4 is 0 Å². The van der Waals surface area contributed by atoms with Crippen LogP contribution >= 0.6 is 0 Å². The summed E-state index contributed by atoms with van der Waals surface area (Å²) in [5.41, 5.74) is 0. The van der Waals surface area contributed by atoms with E-state index >= 15 is 0 Å². The Bertz CT molecular complexity index is 227. The molecule has 1 saturated carbocycles. The van der Waals surface area contributed by atoms with E-state index in [1.54, 1.807) is 0 Å². The molecule has 0 aromatic heterocycles. The van der Waals surface area contributed by atoms with Gasteiger partial charge >= 0.3 is 0 Å². The molecule has 2 nitrogen and oxygen atoms in total. The minimum Gasteiger partial charge on any atom is -0.310 e. The molecular formula is C15H30N2. The molecule has 1 aliphatic carbocycles. The van der Waals surface area contributed by atoms with Crippen LogP contribution in [0.2, 0.25) is 0 Å². The van der Waals surface area contributed by atoms with Crippen molar-refractivity contribution in [2.45, 2.75) is 64.5 Å². The highest BCUT2D eigenvalue weighted by molar-refractivity contribution is 4.85. The molecule has 0 aromatic carbocycles. The molecular weight excluding hydrogens is 208 g/mol. The predicted molar refractivity (Wildman–Crippen MR) is 74.2 cm³/mol. The lowest BCUT2D eigenvalue weighted by Gasteiger charge is -2.32. The van der Waals surface area contributed by atoms with Gasteiger partial charge in [0.25, 0.3) is 0 Å². The fourth-order valence-electron chi connectivity index (χ4n) is 3.73. The molecule has 2 fully saturated rings. The van der Waals surface area contributed by atoms with Crippen molar-refractivity contribution in [1.29, 1.82) is 0 Å². The second-order valence-corrected chi connectivity index (χ2v) is 6.77. The van der Waals surface area contributed by atoms with Crippen molar-refractivity contribution in [3.8, 4) is 0 Å². The Morgan fingerprint density at radius 1 is 1.18 bits per heavy atom. The normalized spacial score (nSPS) is 35.6. The van der Waals surface area contributed by atoms with Crippen LogP contribution in [0.25, 0.3) is 0 Å². The quantitative estimate of drug-likeness (QED) is 0.810. The topological polar surface area (TPSA) is 15.3 Å². The highest BCUT2D eigenvalue weighted by Crippen LogP contribution is 2.29. The monoisotopic (exact) mass is 238 g/mol. The smallest absolute Gasteiger partial charge is 0.0209 e. The molecule has 100 valence electrons. The van der Waals surface area contributed by atoms with Crippen LogP contribution in [-0.2, 0) is 0 Å². The summed E-state index contributed by atoms with van der Waals surface area (Å²) in [5, 5.41) is 3.91. The summed E-state index contributed by atoms with van der Waals surface area (Å²) in [7, 11) is 2.24. The van der Waals surface area contributed by atoms with Crippen molar-refractivity contribution < 1.29 is 0 Å². The maximum atomic E-state index is 3.91. The summed E-state index contributed by atoms with van der Waals surface area (Å²) >= 11 is 0.